The van der Waals surface area contributed by atoms with E-state index in [1.54, 1.807) is 24.3 Å². The molecule has 0 heterocycles. The van der Waals surface area contributed by atoms with Crippen molar-refractivity contribution in [2.24, 2.45) is 0 Å². The maximum absolute atomic E-state index is 11.2. The predicted octanol–water partition coefficient (Wildman–Crippen LogP) is 0.297. The summed E-state index contributed by atoms with van der Waals surface area (Å²) in [6.45, 7) is 0.0348. The lowest BCUT2D eigenvalue weighted by Gasteiger charge is -2.05. The fraction of sp³-hybridized carbons (Fsp3) is 0.273. The molecule has 0 radical (unpaired) electrons. The standard InChI is InChI=1S/C11H14N2O3S/c1-12-17(15,16)13-11-7-5-10(6-8-11)4-2-3-9-14/h5-8,12-14H,3,9H2,1H3. The van der Waals surface area contributed by atoms with Gasteiger partial charge in [0.1, 0.15) is 0 Å². The monoisotopic (exact) mass is 254 g/mol. The van der Waals surface area contributed by atoms with Crippen molar-refractivity contribution in [3.63, 3.8) is 0 Å². The van der Waals surface area contributed by atoms with Gasteiger partial charge in [-0.15, -0.1) is 0 Å². The predicted molar refractivity (Wildman–Crippen MR) is 66.6 cm³/mol. The minimum absolute atomic E-state index is 0.0348. The molecule has 0 spiro atoms. The van der Waals surface area contributed by atoms with Crippen LogP contribution < -0.4 is 9.44 Å². The van der Waals surface area contributed by atoms with Gasteiger partial charge in [0.05, 0.1) is 6.61 Å². The van der Waals surface area contributed by atoms with Crippen molar-refractivity contribution in [2.45, 2.75) is 6.42 Å². The summed E-state index contributed by atoms with van der Waals surface area (Å²) in [5, 5.41) is 8.56. The Labute approximate surface area is 101 Å². The average molecular weight is 254 g/mol. The molecule has 1 aromatic rings. The number of nitrogens with one attached hydrogen (secondary N) is 2. The molecule has 0 aliphatic rings. The Morgan fingerprint density at radius 3 is 2.47 bits per heavy atom. The Balaban J connectivity index is 2.73. The van der Waals surface area contributed by atoms with Crippen LogP contribution >= 0.6 is 0 Å². The number of hydrogen-bond donors (Lipinski definition) is 3. The van der Waals surface area contributed by atoms with E-state index in [1.807, 2.05) is 0 Å². The van der Waals surface area contributed by atoms with Crippen LogP contribution in [0.5, 0.6) is 0 Å². The lowest BCUT2D eigenvalue weighted by atomic mass is 10.2. The Morgan fingerprint density at radius 1 is 1.29 bits per heavy atom. The smallest absolute Gasteiger partial charge is 0.298 e. The number of rotatable bonds is 4. The third-order valence-corrected chi connectivity index (χ3v) is 2.92. The Morgan fingerprint density at radius 2 is 1.94 bits per heavy atom. The summed E-state index contributed by atoms with van der Waals surface area (Å²) in [5.41, 5.74) is 1.23. The SMILES string of the molecule is CNS(=O)(=O)Nc1ccc(C#CCCO)cc1. The van der Waals surface area contributed by atoms with Gasteiger partial charge in [0.15, 0.2) is 0 Å². The minimum atomic E-state index is -3.48. The largest absolute Gasteiger partial charge is 0.395 e. The molecular weight excluding hydrogens is 240 g/mol. The molecule has 0 aliphatic carbocycles. The van der Waals surface area contributed by atoms with E-state index in [0.29, 0.717) is 12.1 Å². The maximum atomic E-state index is 11.2. The highest BCUT2D eigenvalue weighted by Crippen LogP contribution is 2.09. The first kappa shape index (κ1) is 13.5. The van der Waals surface area contributed by atoms with Gasteiger partial charge < -0.3 is 5.11 Å². The van der Waals surface area contributed by atoms with E-state index in [2.05, 4.69) is 21.3 Å². The second-order valence-electron chi connectivity index (χ2n) is 3.16. The summed E-state index contributed by atoms with van der Waals surface area (Å²) in [6.07, 6.45) is 0.425. The lowest BCUT2D eigenvalue weighted by Crippen LogP contribution is -2.26. The molecule has 92 valence electrons. The molecule has 0 aliphatic heterocycles. The third-order valence-electron chi connectivity index (χ3n) is 1.88. The van der Waals surface area contributed by atoms with Crippen molar-refractivity contribution in [3.05, 3.63) is 29.8 Å². The number of hydrogen-bond acceptors (Lipinski definition) is 3. The minimum Gasteiger partial charge on any atom is -0.395 e. The van der Waals surface area contributed by atoms with Crippen LogP contribution in [-0.2, 0) is 10.2 Å². The van der Waals surface area contributed by atoms with Crippen molar-refractivity contribution < 1.29 is 13.5 Å². The molecular formula is C11H14N2O3S. The number of aliphatic hydroxyl groups excluding tert-OH is 1. The van der Waals surface area contributed by atoms with Gasteiger partial charge in [-0.25, -0.2) is 4.72 Å². The molecule has 0 bridgehead atoms. The van der Waals surface area contributed by atoms with Gasteiger partial charge in [-0.05, 0) is 24.3 Å². The molecule has 0 atom stereocenters. The highest BCUT2D eigenvalue weighted by molar-refractivity contribution is 7.90. The van der Waals surface area contributed by atoms with Gasteiger partial charge in [-0.3, -0.25) is 4.72 Å². The van der Waals surface area contributed by atoms with Crippen molar-refractivity contribution in [3.8, 4) is 11.8 Å². The summed E-state index contributed by atoms with van der Waals surface area (Å²) in [6, 6.07) is 6.66. The van der Waals surface area contributed by atoms with E-state index in [9.17, 15) is 8.42 Å². The first-order chi connectivity index (χ1) is 8.07. The summed E-state index contributed by atoms with van der Waals surface area (Å²) in [4.78, 5) is 0. The molecule has 3 N–H and O–H groups in total. The van der Waals surface area contributed by atoms with E-state index in [0.717, 1.165) is 5.56 Å². The van der Waals surface area contributed by atoms with E-state index < -0.39 is 10.2 Å². The first-order valence-electron chi connectivity index (χ1n) is 4.98. The van der Waals surface area contributed by atoms with Crippen LogP contribution in [-0.4, -0.2) is 27.2 Å². The molecule has 17 heavy (non-hydrogen) atoms. The van der Waals surface area contributed by atoms with Crippen molar-refractivity contribution in [1.29, 1.82) is 0 Å². The van der Waals surface area contributed by atoms with Gasteiger partial charge in [0.2, 0.25) is 0 Å². The molecule has 0 unspecified atom stereocenters. The van der Waals surface area contributed by atoms with Crippen LogP contribution in [0.2, 0.25) is 0 Å². The van der Waals surface area contributed by atoms with E-state index >= 15 is 0 Å². The second kappa shape index (κ2) is 6.25. The Bertz CT molecular complexity index is 512. The number of benzene rings is 1. The second-order valence-corrected chi connectivity index (χ2v) is 4.78. The van der Waals surface area contributed by atoms with E-state index in [1.165, 1.54) is 7.05 Å². The van der Waals surface area contributed by atoms with E-state index in [4.69, 9.17) is 5.11 Å². The highest BCUT2D eigenvalue weighted by atomic mass is 32.2. The van der Waals surface area contributed by atoms with Crippen LogP contribution in [0, 0.1) is 11.8 Å². The van der Waals surface area contributed by atoms with Crippen LogP contribution in [0.4, 0.5) is 5.69 Å². The van der Waals surface area contributed by atoms with Crippen LogP contribution in [0.3, 0.4) is 0 Å². The highest BCUT2D eigenvalue weighted by Gasteiger charge is 2.04. The number of aliphatic hydroxyl groups is 1. The van der Waals surface area contributed by atoms with Crippen LogP contribution in [0.25, 0.3) is 0 Å². The fourth-order valence-electron chi connectivity index (χ4n) is 1.05. The molecule has 5 nitrogen and oxygen atoms in total. The van der Waals surface area contributed by atoms with Crippen molar-refractivity contribution >= 4 is 15.9 Å². The van der Waals surface area contributed by atoms with Gasteiger partial charge in [-0.1, -0.05) is 11.8 Å². The Hall–Kier alpha value is -1.55. The zero-order valence-electron chi connectivity index (χ0n) is 9.40. The fourth-order valence-corrected chi connectivity index (χ4v) is 1.60. The molecule has 0 fully saturated rings. The summed E-state index contributed by atoms with van der Waals surface area (Å²) in [5.74, 6) is 5.63. The first-order valence-corrected chi connectivity index (χ1v) is 6.47. The average Bonchev–Trinajstić information content (AvgIpc) is 2.31. The molecule has 0 aromatic heterocycles. The lowest BCUT2D eigenvalue weighted by molar-refractivity contribution is 0.305. The number of anilines is 1. The van der Waals surface area contributed by atoms with Crippen LogP contribution in [0.1, 0.15) is 12.0 Å². The molecule has 1 aromatic carbocycles. The van der Waals surface area contributed by atoms with Gasteiger partial charge in [0, 0.05) is 24.7 Å². The van der Waals surface area contributed by atoms with E-state index in [-0.39, 0.29) is 6.61 Å². The van der Waals surface area contributed by atoms with Crippen molar-refractivity contribution in [1.82, 2.24) is 4.72 Å². The van der Waals surface area contributed by atoms with Gasteiger partial charge >= 0.3 is 0 Å². The zero-order chi connectivity index (χ0) is 12.7. The Kier molecular flexibility index (Phi) is 4.97. The molecule has 0 saturated heterocycles. The third kappa shape index (κ3) is 4.87. The summed E-state index contributed by atoms with van der Waals surface area (Å²) in [7, 11) is -2.14. The quantitative estimate of drug-likeness (QED) is 0.676. The molecule has 0 amide bonds. The topological polar surface area (TPSA) is 78.4 Å². The van der Waals surface area contributed by atoms with Gasteiger partial charge in [0.25, 0.3) is 10.2 Å². The molecule has 0 saturated carbocycles. The summed E-state index contributed by atoms with van der Waals surface area (Å²) >= 11 is 0. The van der Waals surface area contributed by atoms with Crippen LogP contribution in [0.15, 0.2) is 24.3 Å². The maximum Gasteiger partial charge on any atom is 0.298 e. The zero-order valence-corrected chi connectivity index (χ0v) is 10.2. The molecule has 1 rings (SSSR count). The van der Waals surface area contributed by atoms with Crippen molar-refractivity contribution in [2.75, 3.05) is 18.4 Å². The normalized spacial score (nSPS) is 10.5. The summed E-state index contributed by atoms with van der Waals surface area (Å²) < 4.78 is 26.9. The molecule has 6 heteroatoms. The van der Waals surface area contributed by atoms with Gasteiger partial charge in [-0.2, -0.15) is 8.42 Å².